The maximum absolute atomic E-state index is 11.4. The van der Waals surface area contributed by atoms with Crippen molar-refractivity contribution in [1.82, 2.24) is 5.32 Å². The van der Waals surface area contributed by atoms with Crippen molar-refractivity contribution in [3.8, 4) is 0 Å². The van der Waals surface area contributed by atoms with Gasteiger partial charge in [0, 0.05) is 11.8 Å². The van der Waals surface area contributed by atoms with Crippen molar-refractivity contribution >= 4 is 9.84 Å². The molecule has 1 unspecified atom stereocenters. The highest BCUT2D eigenvalue weighted by Gasteiger charge is 2.16. The number of rotatable bonds is 7. The maximum Gasteiger partial charge on any atom is 0.147 e. The molecule has 0 radical (unpaired) electrons. The van der Waals surface area contributed by atoms with Crippen molar-refractivity contribution in [3.63, 3.8) is 0 Å². The van der Waals surface area contributed by atoms with Crippen molar-refractivity contribution < 1.29 is 8.42 Å². The molecule has 1 N–H and O–H groups in total. The third-order valence-electron chi connectivity index (χ3n) is 3.19. The Hall–Kier alpha value is -0.870. The summed E-state index contributed by atoms with van der Waals surface area (Å²) >= 11 is 0. The predicted octanol–water partition coefficient (Wildman–Crippen LogP) is 2.67. The Labute approximate surface area is 123 Å². The highest BCUT2D eigenvalue weighted by Crippen LogP contribution is 2.14. The summed E-state index contributed by atoms with van der Waals surface area (Å²) in [6, 6.07) is 10.3. The van der Waals surface area contributed by atoms with Gasteiger partial charge in [0.2, 0.25) is 0 Å². The zero-order chi connectivity index (χ0) is 15.2. The minimum absolute atomic E-state index is 0.0556. The average Bonchev–Trinajstić information content (AvgIpc) is 2.32. The Morgan fingerprint density at radius 2 is 1.75 bits per heavy atom. The van der Waals surface area contributed by atoms with Crippen LogP contribution < -0.4 is 5.32 Å². The summed E-state index contributed by atoms with van der Waals surface area (Å²) in [5, 5.41) is 3.48. The van der Waals surface area contributed by atoms with Crippen LogP contribution in [0.1, 0.15) is 32.8 Å². The van der Waals surface area contributed by atoms with Gasteiger partial charge in [-0.2, -0.15) is 0 Å². The molecule has 1 rings (SSSR count). The highest BCUT2D eigenvalue weighted by molar-refractivity contribution is 7.90. The second kappa shape index (κ2) is 7.23. The zero-order valence-corrected chi connectivity index (χ0v) is 13.8. The van der Waals surface area contributed by atoms with Crippen molar-refractivity contribution in [2.45, 2.75) is 39.2 Å². The van der Waals surface area contributed by atoms with E-state index >= 15 is 0 Å². The molecule has 4 heteroatoms. The summed E-state index contributed by atoms with van der Waals surface area (Å²) in [4.78, 5) is 0. The largest absolute Gasteiger partial charge is 0.312 e. The van der Waals surface area contributed by atoms with Crippen LogP contribution in [-0.2, 0) is 16.3 Å². The second-order valence-electron chi connectivity index (χ2n) is 6.61. The molecule has 0 fully saturated rings. The van der Waals surface area contributed by atoms with Gasteiger partial charge in [0.25, 0.3) is 0 Å². The van der Waals surface area contributed by atoms with E-state index in [9.17, 15) is 8.42 Å². The van der Waals surface area contributed by atoms with Crippen LogP contribution >= 0.6 is 0 Å². The van der Waals surface area contributed by atoms with Crippen LogP contribution in [0.4, 0.5) is 0 Å². The van der Waals surface area contributed by atoms with E-state index in [1.165, 1.54) is 11.8 Å². The molecule has 0 saturated carbocycles. The Morgan fingerprint density at radius 1 is 1.15 bits per heavy atom. The highest BCUT2D eigenvalue weighted by atomic mass is 32.2. The van der Waals surface area contributed by atoms with Crippen LogP contribution in [-0.4, -0.2) is 32.5 Å². The lowest BCUT2D eigenvalue weighted by Gasteiger charge is -2.25. The van der Waals surface area contributed by atoms with Gasteiger partial charge in [-0.1, -0.05) is 30.3 Å². The molecule has 0 aliphatic rings. The molecular formula is C16H27NO2S. The third kappa shape index (κ3) is 8.33. The Kier molecular flexibility index (Phi) is 6.21. The lowest BCUT2D eigenvalue weighted by molar-refractivity contribution is 0.363. The van der Waals surface area contributed by atoms with Crippen LogP contribution in [0.3, 0.4) is 0 Å². The molecule has 20 heavy (non-hydrogen) atoms. The first-order valence-corrected chi connectivity index (χ1v) is 9.18. The molecule has 0 saturated heterocycles. The van der Waals surface area contributed by atoms with E-state index in [1.54, 1.807) is 0 Å². The normalized spacial score (nSPS) is 14.2. The maximum atomic E-state index is 11.4. The zero-order valence-electron chi connectivity index (χ0n) is 13.0. The number of hydrogen-bond acceptors (Lipinski definition) is 3. The Morgan fingerprint density at radius 3 is 2.25 bits per heavy atom. The monoisotopic (exact) mass is 297 g/mol. The smallest absolute Gasteiger partial charge is 0.147 e. The fourth-order valence-corrected chi connectivity index (χ4v) is 2.82. The molecule has 0 heterocycles. The van der Waals surface area contributed by atoms with Crippen molar-refractivity contribution in [2.75, 3.05) is 18.6 Å². The van der Waals surface area contributed by atoms with Crippen LogP contribution in [0.2, 0.25) is 0 Å². The number of benzene rings is 1. The van der Waals surface area contributed by atoms with Crippen molar-refractivity contribution in [3.05, 3.63) is 35.9 Å². The van der Waals surface area contributed by atoms with Crippen LogP contribution in [0.25, 0.3) is 0 Å². The molecule has 0 aromatic heterocycles. The summed E-state index contributed by atoms with van der Waals surface area (Å²) < 4.78 is 22.7. The molecule has 0 spiro atoms. The van der Waals surface area contributed by atoms with Crippen LogP contribution in [0.5, 0.6) is 0 Å². The summed E-state index contributed by atoms with van der Waals surface area (Å²) in [5.41, 5.74) is 1.32. The first kappa shape index (κ1) is 17.2. The number of hydrogen-bond donors (Lipinski definition) is 1. The Bertz CT molecular complexity index is 489. The van der Waals surface area contributed by atoms with Gasteiger partial charge >= 0.3 is 0 Å². The molecule has 0 amide bonds. The summed E-state index contributed by atoms with van der Waals surface area (Å²) in [7, 11) is -2.89. The van der Waals surface area contributed by atoms with E-state index < -0.39 is 9.84 Å². The van der Waals surface area contributed by atoms with Crippen LogP contribution in [0, 0.1) is 5.92 Å². The molecule has 1 aromatic carbocycles. The van der Waals surface area contributed by atoms with Crippen molar-refractivity contribution in [2.24, 2.45) is 5.92 Å². The van der Waals surface area contributed by atoms with Gasteiger partial charge in [0.05, 0.1) is 5.75 Å². The van der Waals surface area contributed by atoms with E-state index in [0.29, 0.717) is 12.3 Å². The first-order valence-electron chi connectivity index (χ1n) is 7.12. The lowest BCUT2D eigenvalue weighted by atomic mass is 9.95. The molecule has 114 valence electrons. The number of sulfone groups is 1. The van der Waals surface area contributed by atoms with Gasteiger partial charge in [0.1, 0.15) is 9.84 Å². The van der Waals surface area contributed by atoms with Gasteiger partial charge < -0.3 is 5.32 Å². The standard InChI is InChI=1S/C16H27NO2S/c1-16(2,3)17-13-15(10-11-20(4,18)19)12-14-8-6-5-7-9-14/h5-9,15,17H,10-13H2,1-4H3. The summed E-state index contributed by atoms with van der Waals surface area (Å²) in [6.45, 7) is 7.23. The summed E-state index contributed by atoms with van der Waals surface area (Å²) in [6.07, 6.45) is 2.93. The molecule has 1 aromatic rings. The summed E-state index contributed by atoms with van der Waals surface area (Å²) in [5.74, 6) is 0.599. The predicted molar refractivity (Wildman–Crippen MR) is 85.7 cm³/mol. The minimum Gasteiger partial charge on any atom is -0.312 e. The fourth-order valence-electron chi connectivity index (χ4n) is 2.05. The lowest BCUT2D eigenvalue weighted by Crippen LogP contribution is -2.40. The first-order chi connectivity index (χ1) is 9.16. The topological polar surface area (TPSA) is 46.2 Å². The quantitative estimate of drug-likeness (QED) is 0.841. The van der Waals surface area contributed by atoms with Crippen molar-refractivity contribution in [1.29, 1.82) is 0 Å². The van der Waals surface area contributed by atoms with E-state index in [2.05, 4.69) is 38.2 Å². The van der Waals surface area contributed by atoms with Gasteiger partial charge in [-0.3, -0.25) is 0 Å². The van der Waals surface area contributed by atoms with E-state index in [1.807, 2.05) is 18.2 Å². The van der Waals surface area contributed by atoms with E-state index in [-0.39, 0.29) is 11.3 Å². The number of nitrogens with one attached hydrogen (secondary N) is 1. The van der Waals surface area contributed by atoms with Gasteiger partial charge in [-0.15, -0.1) is 0 Å². The molecule has 0 aliphatic heterocycles. The molecule has 1 atom stereocenters. The van der Waals surface area contributed by atoms with Gasteiger partial charge in [-0.05, 0) is 51.6 Å². The minimum atomic E-state index is -2.89. The average molecular weight is 297 g/mol. The second-order valence-corrected chi connectivity index (χ2v) is 8.86. The molecule has 0 bridgehead atoms. The third-order valence-corrected chi connectivity index (χ3v) is 4.16. The van der Waals surface area contributed by atoms with E-state index in [0.717, 1.165) is 13.0 Å². The SMILES string of the molecule is CC(C)(C)NCC(CCS(C)(=O)=O)Cc1ccccc1. The van der Waals surface area contributed by atoms with Gasteiger partial charge in [0.15, 0.2) is 0 Å². The molecule has 0 aliphatic carbocycles. The Balaban J connectivity index is 2.63. The van der Waals surface area contributed by atoms with Crippen LogP contribution in [0.15, 0.2) is 30.3 Å². The van der Waals surface area contributed by atoms with Gasteiger partial charge in [-0.25, -0.2) is 8.42 Å². The van der Waals surface area contributed by atoms with E-state index in [4.69, 9.17) is 0 Å². The molecular weight excluding hydrogens is 270 g/mol. The molecule has 3 nitrogen and oxygen atoms in total. The fraction of sp³-hybridized carbons (Fsp3) is 0.625.